The molecule has 1 atom stereocenters. The first-order valence-electron chi connectivity index (χ1n) is 7.97. The number of amides is 1. The molecule has 0 saturated heterocycles. The van der Waals surface area contributed by atoms with Gasteiger partial charge in [-0.05, 0) is 37.8 Å². The lowest BCUT2D eigenvalue weighted by Crippen LogP contribution is -2.34. The minimum atomic E-state index is -0.411. The van der Waals surface area contributed by atoms with Crippen LogP contribution in [-0.4, -0.2) is 17.4 Å². The Balaban J connectivity index is 2.28. The number of fused-ring (bicyclic) bond motifs is 3. The standard InChI is InChI=1S/C18H22FN3O/c1-4-5-11-6-7-12-14-16(9(2)8-21-18(14)23)22-17(12)13(11)15(19)10(3)20/h4-5,9,22H,6-8,20H2,1-3H3,(H,21,23)/b5-4+,15-10-. The van der Waals surface area contributed by atoms with Crippen molar-refractivity contribution in [3.05, 3.63) is 51.8 Å². The van der Waals surface area contributed by atoms with E-state index in [1.54, 1.807) is 6.92 Å². The summed E-state index contributed by atoms with van der Waals surface area (Å²) in [5, 5.41) is 2.91. The molecule has 1 amide bonds. The number of rotatable bonds is 2. The number of hydrogen-bond donors (Lipinski definition) is 3. The summed E-state index contributed by atoms with van der Waals surface area (Å²) >= 11 is 0. The normalized spacial score (nSPS) is 21.9. The quantitative estimate of drug-likeness (QED) is 0.783. The summed E-state index contributed by atoms with van der Waals surface area (Å²) in [6.07, 6.45) is 5.24. The highest BCUT2D eigenvalue weighted by atomic mass is 19.1. The van der Waals surface area contributed by atoms with E-state index in [-0.39, 0.29) is 17.5 Å². The Hall–Kier alpha value is -2.30. The molecule has 0 bridgehead atoms. The van der Waals surface area contributed by atoms with Gasteiger partial charge in [-0.15, -0.1) is 0 Å². The van der Waals surface area contributed by atoms with Crippen molar-refractivity contribution in [2.24, 2.45) is 5.73 Å². The maximum atomic E-state index is 14.8. The molecule has 4 N–H and O–H groups in total. The third-order valence-corrected chi connectivity index (χ3v) is 4.57. The van der Waals surface area contributed by atoms with Gasteiger partial charge in [0.15, 0.2) is 5.83 Å². The number of halogens is 1. The van der Waals surface area contributed by atoms with Gasteiger partial charge in [0.05, 0.1) is 11.3 Å². The van der Waals surface area contributed by atoms with Crippen LogP contribution in [0, 0.1) is 0 Å². The van der Waals surface area contributed by atoms with Crippen molar-refractivity contribution in [3.8, 4) is 0 Å². The predicted molar refractivity (Wildman–Crippen MR) is 89.6 cm³/mol. The summed E-state index contributed by atoms with van der Waals surface area (Å²) in [6.45, 7) is 6.12. The van der Waals surface area contributed by atoms with Crippen LogP contribution < -0.4 is 11.1 Å². The maximum absolute atomic E-state index is 14.8. The molecule has 5 heteroatoms. The maximum Gasteiger partial charge on any atom is 0.253 e. The van der Waals surface area contributed by atoms with Crippen LogP contribution in [0.2, 0.25) is 0 Å². The van der Waals surface area contributed by atoms with Crippen molar-refractivity contribution < 1.29 is 9.18 Å². The van der Waals surface area contributed by atoms with Crippen molar-refractivity contribution >= 4 is 11.5 Å². The highest BCUT2D eigenvalue weighted by molar-refractivity contribution is 6.01. The molecule has 3 rings (SSSR count). The number of carbonyl (C=O) groups is 1. The van der Waals surface area contributed by atoms with Crippen LogP contribution in [0.1, 0.15) is 60.4 Å². The minimum Gasteiger partial charge on any atom is -0.400 e. The summed E-state index contributed by atoms with van der Waals surface area (Å²) in [4.78, 5) is 15.6. The zero-order chi connectivity index (χ0) is 16.7. The van der Waals surface area contributed by atoms with Gasteiger partial charge in [0.2, 0.25) is 0 Å². The molecule has 1 aliphatic carbocycles. The SMILES string of the molecule is C/C=C/C1=C(C(/F)=C(\C)N)c2[nH]c3c(c2CC1)C(=O)NCC3C. The molecule has 0 radical (unpaired) electrons. The summed E-state index contributed by atoms with van der Waals surface area (Å²) < 4.78 is 14.8. The topological polar surface area (TPSA) is 70.9 Å². The molecule has 1 aromatic heterocycles. The van der Waals surface area contributed by atoms with Gasteiger partial charge in [0, 0.05) is 29.4 Å². The molecule has 0 spiro atoms. The zero-order valence-corrected chi connectivity index (χ0v) is 13.7. The third-order valence-electron chi connectivity index (χ3n) is 4.57. The van der Waals surface area contributed by atoms with E-state index in [9.17, 15) is 9.18 Å². The van der Waals surface area contributed by atoms with Gasteiger partial charge >= 0.3 is 0 Å². The van der Waals surface area contributed by atoms with Crippen molar-refractivity contribution in [1.29, 1.82) is 0 Å². The fraction of sp³-hybridized carbons (Fsp3) is 0.389. The molecule has 0 fully saturated rings. The molecule has 2 heterocycles. The van der Waals surface area contributed by atoms with Gasteiger partial charge in [-0.1, -0.05) is 19.1 Å². The molecule has 0 aromatic carbocycles. The lowest BCUT2D eigenvalue weighted by Gasteiger charge is -2.21. The van der Waals surface area contributed by atoms with Gasteiger partial charge in [-0.3, -0.25) is 4.79 Å². The molecule has 2 aliphatic rings. The Morgan fingerprint density at radius 2 is 2.13 bits per heavy atom. The van der Waals surface area contributed by atoms with E-state index < -0.39 is 5.83 Å². The van der Waals surface area contributed by atoms with E-state index in [1.807, 2.05) is 19.1 Å². The second-order valence-electron chi connectivity index (χ2n) is 6.28. The van der Waals surface area contributed by atoms with Crippen molar-refractivity contribution in [1.82, 2.24) is 10.3 Å². The van der Waals surface area contributed by atoms with Gasteiger partial charge < -0.3 is 16.0 Å². The number of allylic oxidation sites excluding steroid dienone is 6. The molecule has 4 nitrogen and oxygen atoms in total. The number of nitrogens with two attached hydrogens (primary N) is 1. The van der Waals surface area contributed by atoms with Gasteiger partial charge in [-0.25, -0.2) is 4.39 Å². The molecule has 1 aromatic rings. The second-order valence-corrected chi connectivity index (χ2v) is 6.28. The van der Waals surface area contributed by atoms with Crippen molar-refractivity contribution in [2.45, 2.75) is 39.5 Å². The summed E-state index contributed by atoms with van der Waals surface area (Å²) in [5.41, 5.74) is 10.5. The lowest BCUT2D eigenvalue weighted by atomic mass is 9.85. The van der Waals surface area contributed by atoms with Crippen LogP contribution in [0.5, 0.6) is 0 Å². The Morgan fingerprint density at radius 1 is 1.39 bits per heavy atom. The van der Waals surface area contributed by atoms with Crippen molar-refractivity contribution in [2.75, 3.05) is 6.54 Å². The second kappa shape index (κ2) is 5.72. The van der Waals surface area contributed by atoms with E-state index in [0.29, 0.717) is 29.8 Å². The average Bonchev–Trinajstić information content (AvgIpc) is 2.91. The molecule has 0 saturated carbocycles. The van der Waals surface area contributed by atoms with Gasteiger partial charge in [0.25, 0.3) is 5.91 Å². The van der Waals surface area contributed by atoms with Gasteiger partial charge in [-0.2, -0.15) is 0 Å². The van der Waals surface area contributed by atoms with Gasteiger partial charge in [0.1, 0.15) is 0 Å². The molecular weight excluding hydrogens is 293 g/mol. The number of H-pyrrole nitrogens is 1. The molecular formula is C18H22FN3O. The van der Waals surface area contributed by atoms with E-state index in [1.165, 1.54) is 0 Å². The van der Waals surface area contributed by atoms with Crippen LogP contribution in [-0.2, 0) is 6.42 Å². The number of hydrogen-bond acceptors (Lipinski definition) is 2. The van der Waals surface area contributed by atoms with Crippen LogP contribution in [0.3, 0.4) is 0 Å². The predicted octanol–water partition coefficient (Wildman–Crippen LogP) is 3.30. The molecule has 122 valence electrons. The fourth-order valence-electron chi connectivity index (χ4n) is 3.45. The molecule has 1 unspecified atom stereocenters. The highest BCUT2D eigenvalue weighted by Gasteiger charge is 2.34. The van der Waals surface area contributed by atoms with Crippen molar-refractivity contribution in [3.63, 3.8) is 0 Å². The van der Waals surface area contributed by atoms with E-state index in [0.717, 1.165) is 23.3 Å². The average molecular weight is 315 g/mol. The van der Waals surface area contributed by atoms with E-state index in [4.69, 9.17) is 5.73 Å². The van der Waals surface area contributed by atoms with E-state index >= 15 is 0 Å². The molecule has 1 aliphatic heterocycles. The highest BCUT2D eigenvalue weighted by Crippen LogP contribution is 2.41. The first-order chi connectivity index (χ1) is 11.0. The van der Waals surface area contributed by atoms with Crippen LogP contribution in [0.25, 0.3) is 5.57 Å². The number of carbonyl (C=O) groups excluding carboxylic acids is 1. The van der Waals surface area contributed by atoms with Crippen LogP contribution in [0.15, 0.2) is 29.2 Å². The van der Waals surface area contributed by atoms with Crippen LogP contribution >= 0.6 is 0 Å². The van der Waals surface area contributed by atoms with Crippen LogP contribution in [0.4, 0.5) is 4.39 Å². The Bertz CT molecular complexity index is 763. The Labute approximate surface area is 135 Å². The number of aromatic amines is 1. The largest absolute Gasteiger partial charge is 0.400 e. The molecule has 23 heavy (non-hydrogen) atoms. The first-order valence-corrected chi connectivity index (χ1v) is 7.97. The Morgan fingerprint density at radius 3 is 2.78 bits per heavy atom. The first kappa shape index (κ1) is 15.6. The minimum absolute atomic E-state index is 0.0710. The summed E-state index contributed by atoms with van der Waals surface area (Å²) in [6, 6.07) is 0. The smallest absolute Gasteiger partial charge is 0.253 e. The zero-order valence-electron chi connectivity index (χ0n) is 13.7. The summed E-state index contributed by atoms with van der Waals surface area (Å²) in [7, 11) is 0. The fourth-order valence-corrected chi connectivity index (χ4v) is 3.45. The van der Waals surface area contributed by atoms with E-state index in [2.05, 4.69) is 17.2 Å². The number of aromatic nitrogens is 1. The Kier molecular flexibility index (Phi) is 3.88. The monoisotopic (exact) mass is 315 g/mol. The lowest BCUT2D eigenvalue weighted by molar-refractivity contribution is 0.0940. The number of nitrogens with one attached hydrogen (secondary N) is 2. The summed E-state index contributed by atoms with van der Waals surface area (Å²) in [5.74, 6) is -0.297. The third kappa shape index (κ3) is 2.40.